The minimum Gasteiger partial charge on any atom is -0.496 e. The molecule has 4 nitrogen and oxygen atoms in total. The van der Waals surface area contributed by atoms with Gasteiger partial charge in [-0.3, -0.25) is 9.59 Å². The number of esters is 1. The summed E-state index contributed by atoms with van der Waals surface area (Å²) in [6.07, 6.45) is 0.0706. The van der Waals surface area contributed by atoms with Crippen LogP contribution >= 0.6 is 0 Å². The zero-order valence-corrected chi connectivity index (χ0v) is 15.6. The average molecular weight is 378 g/mol. The summed E-state index contributed by atoms with van der Waals surface area (Å²) in [6.45, 7) is 1.94. The maximum Gasteiger partial charge on any atom is 0.315 e. The molecule has 0 aromatic heterocycles. The van der Waals surface area contributed by atoms with Crippen molar-refractivity contribution in [3.8, 4) is 11.5 Å². The van der Waals surface area contributed by atoms with Crippen LogP contribution < -0.4 is 9.47 Å². The number of hydrogen-bond donors (Lipinski definition) is 0. The third kappa shape index (κ3) is 4.62. The highest BCUT2D eigenvalue weighted by molar-refractivity contribution is 6.09. The number of methoxy groups -OCH3 is 1. The Balaban J connectivity index is 1.67. The van der Waals surface area contributed by atoms with Gasteiger partial charge in [0, 0.05) is 16.7 Å². The molecule has 0 saturated carbocycles. The maximum absolute atomic E-state index is 13.0. The molecule has 142 valence electrons. The summed E-state index contributed by atoms with van der Waals surface area (Å²) in [6, 6.07) is 17.2. The van der Waals surface area contributed by atoms with E-state index < -0.39 is 11.8 Å². The fourth-order valence-electron chi connectivity index (χ4n) is 2.81. The second-order valence-corrected chi connectivity index (χ2v) is 6.33. The molecule has 0 amide bonds. The predicted molar refractivity (Wildman–Crippen MR) is 103 cm³/mol. The molecule has 0 N–H and O–H groups in total. The van der Waals surface area contributed by atoms with Crippen molar-refractivity contribution >= 4 is 11.8 Å². The molecule has 0 aliphatic rings. The standard InChI is InChI=1S/C23H19FO4/c1-15-3-12-21(27-2)18(13-15)14-22(25)28-20-10-6-17(7-11-20)23(26)16-4-8-19(24)9-5-16/h3-13H,14H2,1-2H3. The summed E-state index contributed by atoms with van der Waals surface area (Å²) < 4.78 is 23.6. The zero-order chi connectivity index (χ0) is 20.1. The molecule has 0 fully saturated rings. The second-order valence-electron chi connectivity index (χ2n) is 6.33. The summed E-state index contributed by atoms with van der Waals surface area (Å²) in [7, 11) is 1.55. The van der Waals surface area contributed by atoms with E-state index in [1.807, 2.05) is 25.1 Å². The molecule has 0 saturated heterocycles. The van der Waals surface area contributed by atoms with Crippen molar-refractivity contribution in [3.05, 3.63) is 94.8 Å². The molecule has 5 heteroatoms. The van der Waals surface area contributed by atoms with Crippen LogP contribution in [0.25, 0.3) is 0 Å². The molecule has 28 heavy (non-hydrogen) atoms. The van der Waals surface area contributed by atoms with Crippen LogP contribution in [0.4, 0.5) is 4.39 Å². The molecule has 0 aliphatic heterocycles. The fraction of sp³-hybridized carbons (Fsp3) is 0.130. The number of aryl methyl sites for hydroxylation is 1. The van der Waals surface area contributed by atoms with E-state index in [2.05, 4.69) is 0 Å². The summed E-state index contributed by atoms with van der Waals surface area (Å²) in [5.74, 6) is -0.0944. The Morgan fingerprint density at radius 3 is 2.11 bits per heavy atom. The average Bonchev–Trinajstić information content (AvgIpc) is 2.69. The molecular weight excluding hydrogens is 359 g/mol. The molecule has 3 aromatic rings. The lowest BCUT2D eigenvalue weighted by atomic mass is 10.0. The van der Waals surface area contributed by atoms with Gasteiger partial charge in [-0.2, -0.15) is 0 Å². The summed E-state index contributed by atoms with van der Waals surface area (Å²) in [5, 5.41) is 0. The number of carbonyl (C=O) groups is 2. The monoisotopic (exact) mass is 378 g/mol. The van der Waals surface area contributed by atoms with Crippen molar-refractivity contribution in [2.75, 3.05) is 7.11 Å². The Morgan fingerprint density at radius 2 is 1.50 bits per heavy atom. The van der Waals surface area contributed by atoms with Crippen molar-refractivity contribution in [1.29, 1.82) is 0 Å². The Hall–Kier alpha value is -3.47. The quantitative estimate of drug-likeness (QED) is 0.359. The van der Waals surface area contributed by atoms with Crippen molar-refractivity contribution < 1.29 is 23.5 Å². The molecule has 0 atom stereocenters. The lowest BCUT2D eigenvalue weighted by Gasteiger charge is -2.10. The highest BCUT2D eigenvalue weighted by Crippen LogP contribution is 2.22. The fourth-order valence-corrected chi connectivity index (χ4v) is 2.81. The molecule has 3 rings (SSSR count). The number of ether oxygens (including phenoxy) is 2. The van der Waals surface area contributed by atoms with Crippen molar-refractivity contribution in [3.63, 3.8) is 0 Å². The molecule has 3 aromatic carbocycles. The molecule has 0 heterocycles. The SMILES string of the molecule is COc1ccc(C)cc1CC(=O)Oc1ccc(C(=O)c2ccc(F)cc2)cc1. The first-order valence-corrected chi connectivity index (χ1v) is 8.71. The van der Waals surface area contributed by atoms with Gasteiger partial charge in [-0.1, -0.05) is 17.7 Å². The Labute approximate surface area is 162 Å². The topological polar surface area (TPSA) is 52.6 Å². The Bertz CT molecular complexity index is 992. The van der Waals surface area contributed by atoms with Gasteiger partial charge in [-0.25, -0.2) is 4.39 Å². The number of hydrogen-bond acceptors (Lipinski definition) is 4. The van der Waals surface area contributed by atoms with E-state index >= 15 is 0 Å². The number of ketones is 1. The van der Waals surface area contributed by atoms with Crippen LogP contribution in [0, 0.1) is 12.7 Å². The minimum atomic E-state index is -0.429. The van der Waals surface area contributed by atoms with Gasteiger partial charge in [-0.05, 0) is 61.5 Å². The second kappa shape index (κ2) is 8.48. The van der Waals surface area contributed by atoms with Gasteiger partial charge in [0.2, 0.25) is 0 Å². The maximum atomic E-state index is 13.0. The van der Waals surface area contributed by atoms with E-state index in [1.165, 1.54) is 24.3 Å². The van der Waals surface area contributed by atoms with E-state index in [4.69, 9.17) is 9.47 Å². The number of carbonyl (C=O) groups excluding carboxylic acids is 2. The first kappa shape index (κ1) is 19.3. The van der Waals surface area contributed by atoms with Gasteiger partial charge in [0.25, 0.3) is 0 Å². The molecule has 0 aliphatic carbocycles. The highest BCUT2D eigenvalue weighted by Gasteiger charge is 2.13. The van der Waals surface area contributed by atoms with Crippen molar-refractivity contribution in [2.45, 2.75) is 13.3 Å². The lowest BCUT2D eigenvalue weighted by Crippen LogP contribution is -2.12. The molecule has 0 radical (unpaired) electrons. The smallest absolute Gasteiger partial charge is 0.315 e. The predicted octanol–water partition coefficient (Wildman–Crippen LogP) is 4.52. The third-order valence-corrected chi connectivity index (χ3v) is 4.23. The first-order valence-electron chi connectivity index (χ1n) is 8.71. The van der Waals surface area contributed by atoms with Gasteiger partial charge in [0.05, 0.1) is 13.5 Å². The summed E-state index contributed by atoms with van der Waals surface area (Å²) >= 11 is 0. The van der Waals surface area contributed by atoms with Gasteiger partial charge >= 0.3 is 5.97 Å². The van der Waals surface area contributed by atoms with E-state index in [1.54, 1.807) is 31.4 Å². The van der Waals surface area contributed by atoms with E-state index in [0.717, 1.165) is 11.1 Å². The Kier molecular flexibility index (Phi) is 5.84. The molecular formula is C23H19FO4. The van der Waals surface area contributed by atoms with Crippen LogP contribution in [0.2, 0.25) is 0 Å². The zero-order valence-electron chi connectivity index (χ0n) is 15.6. The molecule has 0 unspecified atom stereocenters. The summed E-state index contributed by atoms with van der Waals surface area (Å²) in [4.78, 5) is 24.6. The van der Waals surface area contributed by atoms with Gasteiger partial charge in [0.15, 0.2) is 5.78 Å². The van der Waals surface area contributed by atoms with E-state index in [-0.39, 0.29) is 12.2 Å². The van der Waals surface area contributed by atoms with Crippen LogP contribution in [-0.2, 0) is 11.2 Å². The normalized spacial score (nSPS) is 10.4. The minimum absolute atomic E-state index is 0.0706. The van der Waals surface area contributed by atoms with Crippen LogP contribution in [0.3, 0.4) is 0 Å². The largest absolute Gasteiger partial charge is 0.496 e. The van der Waals surface area contributed by atoms with Crippen LogP contribution in [-0.4, -0.2) is 18.9 Å². The van der Waals surface area contributed by atoms with Crippen molar-refractivity contribution in [2.24, 2.45) is 0 Å². The van der Waals surface area contributed by atoms with E-state index in [9.17, 15) is 14.0 Å². The molecule has 0 bridgehead atoms. The van der Waals surface area contributed by atoms with Gasteiger partial charge in [0.1, 0.15) is 17.3 Å². The molecule has 0 spiro atoms. The van der Waals surface area contributed by atoms with Crippen molar-refractivity contribution in [1.82, 2.24) is 0 Å². The van der Waals surface area contributed by atoms with Gasteiger partial charge in [-0.15, -0.1) is 0 Å². The highest BCUT2D eigenvalue weighted by atomic mass is 19.1. The first-order chi connectivity index (χ1) is 13.5. The number of halogens is 1. The number of benzene rings is 3. The summed E-state index contributed by atoms with van der Waals surface area (Å²) in [5.41, 5.74) is 2.58. The third-order valence-electron chi connectivity index (χ3n) is 4.23. The lowest BCUT2D eigenvalue weighted by molar-refractivity contribution is -0.133. The van der Waals surface area contributed by atoms with Gasteiger partial charge < -0.3 is 9.47 Å². The number of rotatable bonds is 6. The van der Waals surface area contributed by atoms with E-state index in [0.29, 0.717) is 22.6 Å². The van der Waals surface area contributed by atoms with Crippen LogP contribution in [0.5, 0.6) is 11.5 Å². The Morgan fingerprint density at radius 1 is 0.893 bits per heavy atom. The van der Waals surface area contributed by atoms with Crippen LogP contribution in [0.15, 0.2) is 66.7 Å². The van der Waals surface area contributed by atoms with Crippen LogP contribution in [0.1, 0.15) is 27.0 Å².